The number of hydrogen-bond acceptors (Lipinski definition) is 2. The fraction of sp³-hybridized carbons (Fsp3) is 0.700. The molecule has 74 valence electrons. The van der Waals surface area contributed by atoms with Crippen molar-refractivity contribution < 1.29 is 9.90 Å². The zero-order chi connectivity index (χ0) is 10.0. The van der Waals surface area contributed by atoms with Crippen molar-refractivity contribution >= 4 is 5.97 Å². The quantitative estimate of drug-likeness (QED) is 0.669. The van der Waals surface area contributed by atoms with Crippen molar-refractivity contribution in [3.8, 4) is 0 Å². The Morgan fingerprint density at radius 2 is 2.00 bits per heavy atom. The van der Waals surface area contributed by atoms with Gasteiger partial charge in [-0.1, -0.05) is 19.9 Å². The van der Waals surface area contributed by atoms with Crippen molar-refractivity contribution in [3.63, 3.8) is 0 Å². The molecule has 3 unspecified atom stereocenters. The molecule has 0 aromatic heterocycles. The van der Waals surface area contributed by atoms with Crippen molar-refractivity contribution in [1.82, 2.24) is 4.90 Å². The standard InChI is InChI=1S/C10H17NO2/c1-4-9(10(12)13)11-5-7(2)8(3)6-11/h4,7-9H,1,5-6H2,2-3H3,(H,12,13). The first-order valence-corrected chi connectivity index (χ1v) is 4.65. The third-order valence-corrected chi connectivity index (χ3v) is 2.89. The minimum Gasteiger partial charge on any atom is -0.480 e. The van der Waals surface area contributed by atoms with Gasteiger partial charge in [-0.3, -0.25) is 9.69 Å². The van der Waals surface area contributed by atoms with Gasteiger partial charge in [0.15, 0.2) is 0 Å². The van der Waals surface area contributed by atoms with Crippen molar-refractivity contribution in [1.29, 1.82) is 0 Å². The number of likely N-dealkylation sites (tertiary alicyclic amines) is 1. The Morgan fingerprint density at radius 3 is 2.31 bits per heavy atom. The second-order valence-electron chi connectivity index (χ2n) is 3.93. The molecular formula is C10H17NO2. The van der Waals surface area contributed by atoms with Crippen LogP contribution < -0.4 is 0 Å². The molecule has 0 aromatic rings. The number of carboxylic acids is 1. The van der Waals surface area contributed by atoms with Gasteiger partial charge in [0.1, 0.15) is 6.04 Å². The molecule has 1 N–H and O–H groups in total. The van der Waals surface area contributed by atoms with Crippen LogP contribution in [0.3, 0.4) is 0 Å². The monoisotopic (exact) mass is 183 g/mol. The summed E-state index contributed by atoms with van der Waals surface area (Å²) in [5.41, 5.74) is 0. The lowest BCUT2D eigenvalue weighted by molar-refractivity contribution is -0.141. The fourth-order valence-corrected chi connectivity index (χ4v) is 1.81. The molecule has 0 amide bonds. The van der Waals surface area contributed by atoms with Crippen molar-refractivity contribution in [3.05, 3.63) is 12.7 Å². The highest BCUT2D eigenvalue weighted by atomic mass is 16.4. The number of nitrogens with zero attached hydrogens (tertiary/aromatic N) is 1. The predicted molar refractivity (Wildman–Crippen MR) is 51.5 cm³/mol. The van der Waals surface area contributed by atoms with Gasteiger partial charge < -0.3 is 5.11 Å². The van der Waals surface area contributed by atoms with Gasteiger partial charge in [-0.05, 0) is 11.8 Å². The maximum absolute atomic E-state index is 10.8. The molecule has 0 spiro atoms. The van der Waals surface area contributed by atoms with Gasteiger partial charge in [0.2, 0.25) is 0 Å². The third kappa shape index (κ3) is 2.10. The third-order valence-electron chi connectivity index (χ3n) is 2.89. The van der Waals surface area contributed by atoms with E-state index in [9.17, 15) is 4.79 Å². The Hall–Kier alpha value is -0.830. The molecule has 0 radical (unpaired) electrons. The van der Waals surface area contributed by atoms with Gasteiger partial charge in [0.05, 0.1) is 0 Å². The molecule has 13 heavy (non-hydrogen) atoms. The van der Waals surface area contributed by atoms with Crippen LogP contribution >= 0.6 is 0 Å². The molecule has 1 rings (SSSR count). The van der Waals surface area contributed by atoms with E-state index in [0.717, 1.165) is 13.1 Å². The predicted octanol–water partition coefficient (Wildman–Crippen LogP) is 1.21. The van der Waals surface area contributed by atoms with Gasteiger partial charge in [0, 0.05) is 13.1 Å². The summed E-state index contributed by atoms with van der Waals surface area (Å²) in [5.74, 6) is 0.375. The van der Waals surface area contributed by atoms with E-state index in [0.29, 0.717) is 11.8 Å². The lowest BCUT2D eigenvalue weighted by atomic mass is 10.0. The van der Waals surface area contributed by atoms with E-state index in [4.69, 9.17) is 5.11 Å². The van der Waals surface area contributed by atoms with Crippen LogP contribution in [-0.2, 0) is 4.79 Å². The second kappa shape index (κ2) is 3.92. The minimum absolute atomic E-state index is 0.507. The summed E-state index contributed by atoms with van der Waals surface area (Å²) in [5, 5.41) is 8.89. The highest BCUT2D eigenvalue weighted by molar-refractivity contribution is 5.75. The largest absolute Gasteiger partial charge is 0.480 e. The van der Waals surface area contributed by atoms with Gasteiger partial charge in [-0.2, -0.15) is 0 Å². The van der Waals surface area contributed by atoms with Crippen LogP contribution in [-0.4, -0.2) is 35.1 Å². The summed E-state index contributed by atoms with van der Waals surface area (Å²) in [6.07, 6.45) is 1.51. The van der Waals surface area contributed by atoms with Crippen LogP contribution in [0.5, 0.6) is 0 Å². The first kappa shape index (κ1) is 10.3. The number of carbonyl (C=O) groups is 1. The number of rotatable bonds is 3. The van der Waals surface area contributed by atoms with E-state index >= 15 is 0 Å². The van der Waals surface area contributed by atoms with E-state index < -0.39 is 12.0 Å². The normalized spacial score (nSPS) is 31.5. The number of aliphatic carboxylic acids is 1. The maximum atomic E-state index is 10.8. The molecule has 1 heterocycles. The molecule has 0 bridgehead atoms. The molecule has 0 saturated carbocycles. The lowest BCUT2D eigenvalue weighted by Crippen LogP contribution is -2.38. The Labute approximate surface area is 79.0 Å². The first-order chi connectivity index (χ1) is 6.06. The van der Waals surface area contributed by atoms with Gasteiger partial charge >= 0.3 is 5.97 Å². The molecular weight excluding hydrogens is 166 g/mol. The first-order valence-electron chi connectivity index (χ1n) is 4.65. The van der Waals surface area contributed by atoms with E-state index in [2.05, 4.69) is 20.4 Å². The summed E-state index contributed by atoms with van der Waals surface area (Å²) in [4.78, 5) is 12.8. The van der Waals surface area contributed by atoms with Gasteiger partial charge in [-0.25, -0.2) is 0 Å². The van der Waals surface area contributed by atoms with E-state index in [1.54, 1.807) is 0 Å². The second-order valence-corrected chi connectivity index (χ2v) is 3.93. The molecule has 3 nitrogen and oxygen atoms in total. The van der Waals surface area contributed by atoms with Crippen LogP contribution in [0.1, 0.15) is 13.8 Å². The molecule has 1 aliphatic heterocycles. The smallest absolute Gasteiger partial charge is 0.324 e. The SMILES string of the molecule is C=CC(C(=O)O)N1CC(C)C(C)C1. The zero-order valence-corrected chi connectivity index (χ0v) is 8.23. The zero-order valence-electron chi connectivity index (χ0n) is 8.23. The van der Waals surface area contributed by atoms with Gasteiger partial charge in [0.25, 0.3) is 0 Å². The Kier molecular flexibility index (Phi) is 3.09. The molecule has 1 saturated heterocycles. The molecule has 1 fully saturated rings. The van der Waals surface area contributed by atoms with Crippen molar-refractivity contribution in [2.75, 3.05) is 13.1 Å². The number of hydrogen-bond donors (Lipinski definition) is 1. The highest BCUT2D eigenvalue weighted by Gasteiger charge is 2.32. The maximum Gasteiger partial charge on any atom is 0.324 e. The average molecular weight is 183 g/mol. The van der Waals surface area contributed by atoms with Crippen molar-refractivity contribution in [2.24, 2.45) is 11.8 Å². The Balaban J connectivity index is 2.62. The fourth-order valence-electron chi connectivity index (χ4n) is 1.81. The van der Waals surface area contributed by atoms with Gasteiger partial charge in [-0.15, -0.1) is 6.58 Å². The molecule has 0 aromatic carbocycles. The average Bonchev–Trinajstić information content (AvgIpc) is 2.32. The minimum atomic E-state index is -0.795. The van der Waals surface area contributed by atoms with E-state index in [1.165, 1.54) is 6.08 Å². The molecule has 0 aliphatic carbocycles. The summed E-state index contributed by atoms with van der Waals surface area (Å²) >= 11 is 0. The van der Waals surface area contributed by atoms with Crippen LogP contribution in [0.25, 0.3) is 0 Å². The topological polar surface area (TPSA) is 40.5 Å². The van der Waals surface area contributed by atoms with Crippen LogP contribution in [0.15, 0.2) is 12.7 Å². The summed E-state index contributed by atoms with van der Waals surface area (Å²) in [6, 6.07) is -0.507. The summed E-state index contributed by atoms with van der Waals surface area (Å²) in [7, 11) is 0. The molecule has 3 heteroatoms. The Morgan fingerprint density at radius 1 is 1.54 bits per heavy atom. The molecule has 1 aliphatic rings. The highest BCUT2D eigenvalue weighted by Crippen LogP contribution is 2.24. The van der Waals surface area contributed by atoms with E-state index in [1.807, 2.05) is 4.90 Å². The van der Waals surface area contributed by atoms with Crippen LogP contribution in [0, 0.1) is 11.8 Å². The number of carboxylic acid groups (broad SMARTS) is 1. The summed E-state index contributed by atoms with van der Waals surface area (Å²) in [6.45, 7) is 9.60. The Bertz CT molecular complexity index is 205. The molecule has 3 atom stereocenters. The van der Waals surface area contributed by atoms with Crippen LogP contribution in [0.4, 0.5) is 0 Å². The lowest BCUT2D eigenvalue weighted by Gasteiger charge is -2.20. The van der Waals surface area contributed by atoms with Crippen molar-refractivity contribution in [2.45, 2.75) is 19.9 Å². The summed E-state index contributed by atoms with van der Waals surface area (Å²) < 4.78 is 0. The van der Waals surface area contributed by atoms with E-state index in [-0.39, 0.29) is 0 Å². The van der Waals surface area contributed by atoms with Crippen LogP contribution in [0.2, 0.25) is 0 Å².